The van der Waals surface area contributed by atoms with Gasteiger partial charge in [-0.2, -0.15) is 0 Å². The van der Waals surface area contributed by atoms with Gasteiger partial charge in [0.1, 0.15) is 22.7 Å². The van der Waals surface area contributed by atoms with E-state index in [0.29, 0.717) is 10.8 Å². The van der Waals surface area contributed by atoms with Gasteiger partial charge in [-0.3, -0.25) is 0 Å². The van der Waals surface area contributed by atoms with Crippen LogP contribution in [-0.2, 0) is 35.9 Å². The van der Waals surface area contributed by atoms with Crippen LogP contribution in [0.5, 0.6) is 11.5 Å². The minimum Gasteiger partial charge on any atom is -0.487 e. The lowest BCUT2D eigenvalue weighted by Gasteiger charge is -2.44. The van der Waals surface area contributed by atoms with Gasteiger partial charge in [-0.1, -0.05) is 114 Å². The molecule has 6 aromatic rings. The highest BCUT2D eigenvalue weighted by Gasteiger charge is 2.44. The van der Waals surface area contributed by atoms with Gasteiger partial charge >= 0.3 is 0 Å². The van der Waals surface area contributed by atoms with Crippen LogP contribution in [0.25, 0.3) is 11.1 Å². The molecule has 0 aliphatic rings. The van der Waals surface area contributed by atoms with E-state index < -0.39 is 46.6 Å². The summed E-state index contributed by atoms with van der Waals surface area (Å²) < 4.78 is 67.2. The first-order valence-corrected chi connectivity index (χ1v) is 25.6. The highest BCUT2D eigenvalue weighted by molar-refractivity contribution is 7.91. The monoisotopic (exact) mass is 952 g/mol. The largest absolute Gasteiger partial charge is 0.487 e. The third-order valence-electron chi connectivity index (χ3n) is 14.5. The van der Waals surface area contributed by atoms with Gasteiger partial charge in [0.05, 0.1) is 19.6 Å². The Kier molecular flexibility index (Phi) is 13.7. The van der Waals surface area contributed by atoms with Gasteiger partial charge in [-0.05, 0) is 161 Å². The van der Waals surface area contributed by atoms with Crippen LogP contribution in [0.15, 0.2) is 165 Å². The molecule has 0 aliphatic heterocycles. The Bertz CT molecular complexity index is 2820. The molecule has 0 bridgehead atoms. The molecule has 0 spiro atoms. The summed E-state index contributed by atoms with van der Waals surface area (Å²) in [5, 5.41) is 0.479. The minimum absolute atomic E-state index is 0.193. The second-order valence-corrected chi connectivity index (χ2v) is 25.0. The third kappa shape index (κ3) is 9.79. The molecule has 0 radical (unpaired) electrons. The quantitative estimate of drug-likeness (QED) is 0.0898. The highest BCUT2D eigenvalue weighted by Crippen LogP contribution is 2.44. The molecule has 344 valence electrons. The first kappa shape index (κ1) is 49.8. The summed E-state index contributed by atoms with van der Waals surface area (Å²) in [6.07, 6.45) is 0.756. The van der Waals surface area contributed by atoms with Crippen LogP contribution in [0.4, 0.5) is 0 Å². The molecular formula is C55H62Cl2O6S2. The second-order valence-electron chi connectivity index (χ2n) is 19.7. The van der Waals surface area contributed by atoms with Gasteiger partial charge in [-0.15, -0.1) is 11.6 Å². The van der Waals surface area contributed by atoms with Crippen molar-refractivity contribution in [3.8, 4) is 22.6 Å². The van der Waals surface area contributed by atoms with E-state index in [0.717, 1.165) is 40.0 Å². The van der Waals surface area contributed by atoms with Gasteiger partial charge in [0.2, 0.25) is 19.7 Å². The molecule has 0 aromatic heterocycles. The Morgan fingerprint density at radius 3 is 1.12 bits per heavy atom. The van der Waals surface area contributed by atoms with Crippen molar-refractivity contribution in [1.29, 1.82) is 0 Å². The summed E-state index contributed by atoms with van der Waals surface area (Å²) in [6, 6.07) is 43.5. The van der Waals surface area contributed by atoms with Gasteiger partial charge in [0, 0.05) is 26.1 Å². The standard InChI is InChI=1S/C55H62Cl2O6S2/c1-13-55(12,42-22-32-47(33-23-42)64(58,59)48-34-24-43(56)25-35-48)54(10,11)63-44-26-16-39(17-27-44)38-14-18-41(19-15-38)51(4,5)53(8,9)62-45-28-36-49(37-29-45)65(60,61)46-30-20-40(21-31-46)50(2,3)52(6,7)57/h14-37H,13H2,1-12H3. The van der Waals surface area contributed by atoms with Crippen molar-refractivity contribution in [1.82, 2.24) is 0 Å². The van der Waals surface area contributed by atoms with Crippen molar-refractivity contribution in [2.75, 3.05) is 0 Å². The van der Waals surface area contributed by atoms with E-state index in [-0.39, 0.29) is 25.0 Å². The molecule has 1 atom stereocenters. The molecule has 6 rings (SSSR count). The van der Waals surface area contributed by atoms with E-state index in [9.17, 15) is 16.8 Å². The van der Waals surface area contributed by atoms with E-state index in [1.165, 1.54) is 12.1 Å². The van der Waals surface area contributed by atoms with E-state index >= 15 is 0 Å². The molecule has 0 saturated carbocycles. The minimum atomic E-state index is -3.75. The lowest BCUT2D eigenvalue weighted by Crippen LogP contribution is -2.49. The van der Waals surface area contributed by atoms with E-state index in [2.05, 4.69) is 91.8 Å². The lowest BCUT2D eigenvalue weighted by atomic mass is 9.68. The van der Waals surface area contributed by atoms with Crippen molar-refractivity contribution in [2.45, 2.75) is 141 Å². The molecule has 0 N–H and O–H groups in total. The number of sulfone groups is 2. The molecule has 0 aliphatic carbocycles. The van der Waals surface area contributed by atoms with Crippen molar-refractivity contribution in [2.24, 2.45) is 0 Å². The number of benzene rings is 6. The fourth-order valence-electron chi connectivity index (χ4n) is 7.92. The molecule has 1 unspecified atom stereocenters. The van der Waals surface area contributed by atoms with Crippen LogP contribution in [0.1, 0.15) is 106 Å². The predicted molar refractivity (Wildman–Crippen MR) is 267 cm³/mol. The molecule has 0 fully saturated rings. The van der Waals surface area contributed by atoms with Crippen LogP contribution in [-0.4, -0.2) is 32.9 Å². The molecule has 6 aromatic carbocycles. The van der Waals surface area contributed by atoms with Gasteiger partial charge in [0.15, 0.2) is 0 Å². The maximum atomic E-state index is 13.6. The van der Waals surface area contributed by atoms with Crippen LogP contribution in [0.3, 0.4) is 0 Å². The number of hydrogen-bond acceptors (Lipinski definition) is 6. The van der Waals surface area contributed by atoms with Gasteiger partial charge in [-0.25, -0.2) is 16.8 Å². The van der Waals surface area contributed by atoms with Crippen molar-refractivity contribution >= 4 is 42.9 Å². The lowest BCUT2D eigenvalue weighted by molar-refractivity contribution is 0.0242. The van der Waals surface area contributed by atoms with Crippen LogP contribution in [0.2, 0.25) is 5.02 Å². The Morgan fingerprint density at radius 1 is 0.415 bits per heavy atom. The Morgan fingerprint density at radius 2 is 0.723 bits per heavy atom. The average Bonchev–Trinajstić information content (AvgIpc) is 3.26. The smallest absolute Gasteiger partial charge is 0.206 e. The zero-order valence-electron chi connectivity index (χ0n) is 39.6. The summed E-state index contributed by atoms with van der Waals surface area (Å²) in [6.45, 7) is 24.8. The Labute approximate surface area is 398 Å². The van der Waals surface area contributed by atoms with Crippen molar-refractivity contribution in [3.63, 3.8) is 0 Å². The highest BCUT2D eigenvalue weighted by atomic mass is 35.5. The van der Waals surface area contributed by atoms with Crippen LogP contribution >= 0.6 is 23.2 Å². The number of ether oxygens (including phenoxy) is 2. The summed E-state index contributed by atoms with van der Waals surface area (Å²) in [7, 11) is -7.45. The van der Waals surface area contributed by atoms with Crippen LogP contribution in [0, 0.1) is 0 Å². The fraction of sp³-hybridized carbons (Fsp3) is 0.345. The van der Waals surface area contributed by atoms with Gasteiger partial charge in [0.25, 0.3) is 0 Å². The number of alkyl halides is 1. The van der Waals surface area contributed by atoms with Gasteiger partial charge < -0.3 is 9.47 Å². The summed E-state index contributed by atoms with van der Waals surface area (Å²) in [5.41, 5.74) is 2.53. The molecule has 0 heterocycles. The molecule has 6 nitrogen and oxygen atoms in total. The van der Waals surface area contributed by atoms with E-state index in [1.807, 2.05) is 64.1 Å². The maximum absolute atomic E-state index is 13.6. The molecule has 0 amide bonds. The second kappa shape index (κ2) is 17.9. The van der Waals surface area contributed by atoms with Crippen molar-refractivity contribution in [3.05, 3.63) is 167 Å². The Hall–Kier alpha value is -4.60. The topological polar surface area (TPSA) is 86.7 Å². The molecule has 65 heavy (non-hydrogen) atoms. The SMILES string of the molecule is CCC(C)(c1ccc(S(=O)(=O)c2ccc(Cl)cc2)cc1)C(C)(C)Oc1ccc(-c2ccc(C(C)(C)C(C)(C)Oc3ccc(S(=O)(=O)c4ccc(C(C)(C)C(C)(C)Cl)cc4)cc3)cc2)cc1. The number of rotatable bonds is 16. The molecule has 0 saturated heterocycles. The normalized spacial score (nSPS) is 14.1. The summed E-state index contributed by atoms with van der Waals surface area (Å²) in [4.78, 5) is 0.313. The summed E-state index contributed by atoms with van der Waals surface area (Å²) >= 11 is 12.7. The zero-order chi connectivity index (χ0) is 48.0. The first-order chi connectivity index (χ1) is 30.1. The van der Waals surface area contributed by atoms with E-state index in [1.54, 1.807) is 60.7 Å². The first-order valence-electron chi connectivity index (χ1n) is 21.9. The van der Waals surface area contributed by atoms with Crippen LogP contribution < -0.4 is 9.47 Å². The Balaban J connectivity index is 1.11. The predicted octanol–water partition coefficient (Wildman–Crippen LogP) is 14.6. The number of hydrogen-bond donors (Lipinski definition) is 0. The molecule has 10 heteroatoms. The van der Waals surface area contributed by atoms with Crippen molar-refractivity contribution < 1.29 is 26.3 Å². The average molecular weight is 954 g/mol. The maximum Gasteiger partial charge on any atom is 0.206 e. The third-order valence-corrected chi connectivity index (χ3v) is 18.8. The van der Waals surface area contributed by atoms with E-state index in [4.69, 9.17) is 32.7 Å². The summed E-state index contributed by atoms with van der Waals surface area (Å²) in [5.74, 6) is 1.30. The zero-order valence-corrected chi connectivity index (χ0v) is 42.7. The molecular weight excluding hydrogens is 892 g/mol. The number of halogens is 2. The fourth-order valence-corrected chi connectivity index (χ4v) is 10.7.